The van der Waals surface area contributed by atoms with Crippen LogP contribution in [0.3, 0.4) is 0 Å². The fraction of sp³-hybridized carbons (Fsp3) is 0.300. The number of benzene rings is 1. The minimum atomic E-state index is -0.795. The van der Waals surface area contributed by atoms with Gasteiger partial charge in [-0.1, -0.05) is 12.6 Å². The number of primary amides is 1. The maximum atomic E-state index is 11.9. The number of nitrogens with zero attached hydrogens (tertiary/aromatic N) is 4. The first kappa shape index (κ1) is 21.7. The number of carbonyl (C=O) groups excluding carboxylic acids is 3. The topological polar surface area (TPSA) is 155 Å². The Morgan fingerprint density at radius 2 is 2.10 bits per heavy atom. The second-order valence-corrected chi connectivity index (χ2v) is 6.95. The molecular formula is C20H24N8O3. The average Bonchev–Trinajstić information content (AvgIpc) is 2.78. The zero-order valence-electron chi connectivity index (χ0n) is 17.1. The van der Waals surface area contributed by atoms with Crippen LogP contribution in [-0.4, -0.2) is 64.0 Å². The van der Waals surface area contributed by atoms with Crippen LogP contribution < -0.4 is 21.7 Å². The van der Waals surface area contributed by atoms with Gasteiger partial charge in [0.1, 0.15) is 0 Å². The number of anilines is 3. The SMILES string of the molecule is C=CC(=O)N1CCC[C@@H](Nc2nnc(C(N)=O)c(Nc3cccc(C(=O)NC)c3)n2)C1. The van der Waals surface area contributed by atoms with Crippen LogP contribution in [0, 0.1) is 0 Å². The van der Waals surface area contributed by atoms with Gasteiger partial charge in [-0.2, -0.15) is 4.98 Å². The minimum absolute atomic E-state index is 0.0803. The standard InChI is InChI=1S/C20H24N8O3/c1-3-15(29)28-9-5-8-14(11-28)24-20-25-18(16(17(21)30)26-27-20)23-13-7-4-6-12(10-13)19(31)22-2/h3-4,6-7,10,14H,1,5,8-9,11H2,2H3,(H2,21,30)(H,22,31)(H2,23,24,25,27)/t14-/m1/s1. The van der Waals surface area contributed by atoms with Crippen molar-refractivity contribution in [2.75, 3.05) is 30.8 Å². The van der Waals surface area contributed by atoms with Crippen molar-refractivity contribution in [2.24, 2.45) is 5.73 Å². The Bertz CT molecular complexity index is 1010. The van der Waals surface area contributed by atoms with Gasteiger partial charge in [-0.3, -0.25) is 14.4 Å². The molecule has 2 aromatic rings. The van der Waals surface area contributed by atoms with E-state index in [1.54, 1.807) is 29.2 Å². The first-order chi connectivity index (χ1) is 14.9. The van der Waals surface area contributed by atoms with Crippen molar-refractivity contribution in [3.8, 4) is 0 Å². The Kier molecular flexibility index (Phi) is 6.75. The smallest absolute Gasteiger partial charge is 0.273 e. The van der Waals surface area contributed by atoms with Gasteiger partial charge in [0.25, 0.3) is 11.8 Å². The molecule has 1 atom stereocenters. The zero-order chi connectivity index (χ0) is 22.4. The van der Waals surface area contributed by atoms with Crippen LogP contribution in [0.1, 0.15) is 33.7 Å². The third-order valence-electron chi connectivity index (χ3n) is 4.78. The van der Waals surface area contributed by atoms with Gasteiger partial charge in [0.2, 0.25) is 11.9 Å². The molecule has 1 aliphatic heterocycles. The van der Waals surface area contributed by atoms with Gasteiger partial charge in [-0.15, -0.1) is 10.2 Å². The molecular weight excluding hydrogens is 400 g/mol. The highest BCUT2D eigenvalue weighted by Crippen LogP contribution is 2.21. The predicted molar refractivity (Wildman–Crippen MR) is 115 cm³/mol. The molecule has 0 aliphatic carbocycles. The first-order valence-electron chi connectivity index (χ1n) is 9.72. The summed E-state index contributed by atoms with van der Waals surface area (Å²) in [4.78, 5) is 41.6. The molecule has 3 rings (SSSR count). The molecule has 31 heavy (non-hydrogen) atoms. The number of aromatic nitrogens is 3. The number of carbonyl (C=O) groups is 3. The molecule has 0 radical (unpaired) electrons. The maximum absolute atomic E-state index is 11.9. The fourth-order valence-electron chi connectivity index (χ4n) is 3.27. The van der Waals surface area contributed by atoms with Crippen molar-refractivity contribution in [3.05, 3.63) is 48.2 Å². The quantitative estimate of drug-likeness (QED) is 0.473. The molecule has 0 saturated carbocycles. The zero-order valence-corrected chi connectivity index (χ0v) is 17.1. The number of nitrogens with one attached hydrogen (secondary N) is 3. The lowest BCUT2D eigenvalue weighted by molar-refractivity contribution is -0.127. The van der Waals surface area contributed by atoms with E-state index in [0.717, 1.165) is 12.8 Å². The Morgan fingerprint density at radius 1 is 1.29 bits per heavy atom. The van der Waals surface area contributed by atoms with Crippen LogP contribution >= 0.6 is 0 Å². The van der Waals surface area contributed by atoms with Crippen LogP contribution in [0.4, 0.5) is 17.5 Å². The largest absolute Gasteiger partial charge is 0.364 e. The second-order valence-electron chi connectivity index (χ2n) is 6.95. The lowest BCUT2D eigenvalue weighted by atomic mass is 10.1. The van der Waals surface area contributed by atoms with Crippen molar-refractivity contribution in [1.29, 1.82) is 0 Å². The van der Waals surface area contributed by atoms with Crippen LogP contribution in [0.2, 0.25) is 0 Å². The van der Waals surface area contributed by atoms with E-state index in [4.69, 9.17) is 5.73 Å². The first-order valence-corrected chi connectivity index (χ1v) is 9.72. The minimum Gasteiger partial charge on any atom is -0.364 e. The molecule has 1 aliphatic rings. The normalized spacial score (nSPS) is 15.6. The van der Waals surface area contributed by atoms with E-state index in [1.165, 1.54) is 13.1 Å². The number of hydrogen-bond donors (Lipinski definition) is 4. The van der Waals surface area contributed by atoms with Crippen LogP contribution in [0.25, 0.3) is 0 Å². The third-order valence-corrected chi connectivity index (χ3v) is 4.78. The summed E-state index contributed by atoms with van der Waals surface area (Å²) in [5.41, 5.74) is 6.23. The van der Waals surface area contributed by atoms with E-state index < -0.39 is 5.91 Å². The van der Waals surface area contributed by atoms with Gasteiger partial charge < -0.3 is 26.6 Å². The Labute approximate surface area is 179 Å². The molecule has 0 bridgehead atoms. The van der Waals surface area contributed by atoms with Crippen LogP contribution in [0.15, 0.2) is 36.9 Å². The number of nitrogens with two attached hydrogens (primary N) is 1. The van der Waals surface area contributed by atoms with Crippen LogP contribution in [-0.2, 0) is 4.79 Å². The van der Waals surface area contributed by atoms with Crippen molar-refractivity contribution in [1.82, 2.24) is 25.4 Å². The molecule has 0 unspecified atom stereocenters. The molecule has 1 fully saturated rings. The lowest BCUT2D eigenvalue weighted by Crippen LogP contribution is -2.44. The van der Waals surface area contributed by atoms with Gasteiger partial charge in [-0.05, 0) is 37.1 Å². The van der Waals surface area contributed by atoms with Crippen molar-refractivity contribution in [3.63, 3.8) is 0 Å². The van der Waals surface area contributed by atoms with E-state index in [2.05, 4.69) is 37.7 Å². The highest BCUT2D eigenvalue weighted by atomic mass is 16.2. The summed E-state index contributed by atoms with van der Waals surface area (Å²) in [6.45, 7) is 4.66. The van der Waals surface area contributed by atoms with Gasteiger partial charge in [0.15, 0.2) is 11.5 Å². The van der Waals surface area contributed by atoms with Crippen molar-refractivity contribution < 1.29 is 14.4 Å². The monoisotopic (exact) mass is 424 g/mol. The predicted octanol–water partition coefficient (Wildman–Crippen LogP) is 0.663. The number of hydrogen-bond acceptors (Lipinski definition) is 8. The summed E-state index contributed by atoms with van der Waals surface area (Å²) >= 11 is 0. The summed E-state index contributed by atoms with van der Waals surface area (Å²) in [7, 11) is 1.54. The summed E-state index contributed by atoms with van der Waals surface area (Å²) < 4.78 is 0. The molecule has 1 aromatic carbocycles. The number of amides is 3. The molecule has 11 heteroatoms. The van der Waals surface area contributed by atoms with Gasteiger partial charge in [0, 0.05) is 37.4 Å². The molecule has 2 heterocycles. The molecule has 5 N–H and O–H groups in total. The van der Waals surface area contributed by atoms with Gasteiger partial charge in [0.05, 0.1) is 0 Å². The molecule has 162 valence electrons. The fourth-order valence-corrected chi connectivity index (χ4v) is 3.27. The van der Waals surface area contributed by atoms with Gasteiger partial charge >= 0.3 is 0 Å². The summed E-state index contributed by atoms with van der Waals surface area (Å²) in [5, 5.41) is 16.5. The summed E-state index contributed by atoms with van der Waals surface area (Å²) in [5.74, 6) is -0.885. The molecule has 0 spiro atoms. The highest BCUT2D eigenvalue weighted by molar-refractivity contribution is 5.97. The third kappa shape index (κ3) is 5.32. The van der Waals surface area contributed by atoms with E-state index >= 15 is 0 Å². The van der Waals surface area contributed by atoms with E-state index in [-0.39, 0.29) is 35.3 Å². The molecule has 1 aromatic heterocycles. The van der Waals surface area contributed by atoms with E-state index in [1.807, 2.05) is 0 Å². The number of likely N-dealkylation sites (tertiary alicyclic amines) is 1. The summed E-state index contributed by atoms with van der Waals surface area (Å²) in [6, 6.07) is 6.59. The Morgan fingerprint density at radius 3 is 2.81 bits per heavy atom. The number of rotatable bonds is 7. The Hall–Kier alpha value is -4.02. The molecule has 1 saturated heterocycles. The van der Waals surface area contributed by atoms with Gasteiger partial charge in [-0.25, -0.2) is 0 Å². The highest BCUT2D eigenvalue weighted by Gasteiger charge is 2.23. The van der Waals surface area contributed by atoms with E-state index in [0.29, 0.717) is 24.3 Å². The molecule has 3 amide bonds. The lowest BCUT2D eigenvalue weighted by Gasteiger charge is -2.32. The summed E-state index contributed by atoms with van der Waals surface area (Å²) in [6.07, 6.45) is 2.93. The second kappa shape index (κ2) is 9.65. The van der Waals surface area contributed by atoms with E-state index in [9.17, 15) is 14.4 Å². The average molecular weight is 424 g/mol. The van der Waals surface area contributed by atoms with Crippen LogP contribution in [0.5, 0.6) is 0 Å². The maximum Gasteiger partial charge on any atom is 0.273 e. The van der Waals surface area contributed by atoms with Crippen molar-refractivity contribution in [2.45, 2.75) is 18.9 Å². The van der Waals surface area contributed by atoms with Crippen molar-refractivity contribution >= 4 is 35.2 Å². The molecule has 11 nitrogen and oxygen atoms in total. The number of piperidine rings is 1. The Balaban J connectivity index is 1.81.